The van der Waals surface area contributed by atoms with Crippen LogP contribution in [0.25, 0.3) is 22.6 Å². The van der Waals surface area contributed by atoms with Gasteiger partial charge in [0.1, 0.15) is 17.1 Å². The molecular weight excluding hydrogens is 395 g/mol. The lowest BCUT2D eigenvalue weighted by Gasteiger charge is -2.08. The smallest absolute Gasteiger partial charge is 0.262 e. The van der Waals surface area contributed by atoms with Crippen molar-refractivity contribution < 1.29 is 18.3 Å². The molecule has 1 N–H and O–H groups in total. The first-order valence-electron chi connectivity index (χ1n) is 8.84. The van der Waals surface area contributed by atoms with E-state index in [1.54, 1.807) is 54.6 Å². The normalized spacial score (nSPS) is 10.9. The lowest BCUT2D eigenvalue weighted by atomic mass is 10.2. The van der Waals surface area contributed by atoms with E-state index in [1.807, 2.05) is 6.92 Å². The number of anilines is 1. The zero-order valence-corrected chi connectivity index (χ0v) is 16.2. The molecule has 1 heterocycles. The summed E-state index contributed by atoms with van der Waals surface area (Å²) in [5, 5.41) is 3.38. The van der Waals surface area contributed by atoms with Crippen LogP contribution in [-0.4, -0.2) is 17.5 Å². The molecule has 1 amide bonds. The standard InChI is InChI=1S/C22H16ClFN2O3/c1-13-10-15(7-8-17(13)23)28-12-21(27)25-14-6-9-20-19(11-14)26-22(29-20)16-4-2-3-5-18(16)24/h2-11H,12H2,1H3,(H,25,27). The molecule has 146 valence electrons. The Hall–Kier alpha value is -3.38. The van der Waals surface area contributed by atoms with Crippen LogP contribution >= 0.6 is 11.6 Å². The highest BCUT2D eigenvalue weighted by Crippen LogP contribution is 2.28. The highest BCUT2D eigenvalue weighted by atomic mass is 35.5. The van der Waals surface area contributed by atoms with Gasteiger partial charge in [0.25, 0.3) is 5.91 Å². The van der Waals surface area contributed by atoms with Crippen LogP contribution in [0.15, 0.2) is 65.1 Å². The van der Waals surface area contributed by atoms with E-state index in [2.05, 4.69) is 10.3 Å². The first-order valence-corrected chi connectivity index (χ1v) is 9.22. The molecule has 4 rings (SSSR count). The van der Waals surface area contributed by atoms with Crippen molar-refractivity contribution in [3.8, 4) is 17.2 Å². The molecule has 0 atom stereocenters. The van der Waals surface area contributed by atoms with Crippen LogP contribution in [0.5, 0.6) is 5.75 Å². The zero-order valence-electron chi connectivity index (χ0n) is 15.4. The number of carbonyl (C=O) groups excluding carboxylic acids is 1. The van der Waals surface area contributed by atoms with E-state index in [9.17, 15) is 9.18 Å². The number of rotatable bonds is 5. The highest BCUT2D eigenvalue weighted by molar-refractivity contribution is 6.31. The maximum absolute atomic E-state index is 13.9. The molecule has 0 radical (unpaired) electrons. The van der Waals surface area contributed by atoms with Crippen LogP contribution in [0.3, 0.4) is 0 Å². The number of carbonyl (C=O) groups is 1. The molecule has 5 nitrogen and oxygen atoms in total. The second kappa shape index (κ2) is 7.93. The monoisotopic (exact) mass is 410 g/mol. The van der Waals surface area contributed by atoms with Crippen LogP contribution in [0.4, 0.5) is 10.1 Å². The molecule has 0 saturated carbocycles. The number of amides is 1. The van der Waals surface area contributed by atoms with Crippen LogP contribution in [0, 0.1) is 12.7 Å². The van der Waals surface area contributed by atoms with E-state index in [4.69, 9.17) is 20.8 Å². The summed E-state index contributed by atoms with van der Waals surface area (Å²) in [5.74, 6) is 0.00323. The van der Waals surface area contributed by atoms with E-state index in [0.29, 0.717) is 27.6 Å². The summed E-state index contributed by atoms with van der Waals surface area (Å²) in [5.41, 5.74) is 2.68. The van der Waals surface area contributed by atoms with Crippen LogP contribution in [0.2, 0.25) is 5.02 Å². The van der Waals surface area contributed by atoms with E-state index in [1.165, 1.54) is 6.07 Å². The van der Waals surface area contributed by atoms with Gasteiger partial charge in [-0.05, 0) is 61.0 Å². The summed E-state index contributed by atoms with van der Waals surface area (Å²) in [6.07, 6.45) is 0. The number of ether oxygens (including phenoxy) is 1. The molecule has 1 aromatic heterocycles. The van der Waals surface area contributed by atoms with Gasteiger partial charge in [0.15, 0.2) is 12.2 Å². The third-order valence-electron chi connectivity index (χ3n) is 4.27. The minimum atomic E-state index is -0.415. The number of fused-ring (bicyclic) bond motifs is 1. The van der Waals surface area contributed by atoms with E-state index in [-0.39, 0.29) is 24.0 Å². The summed E-state index contributed by atoms with van der Waals surface area (Å²) in [7, 11) is 0. The predicted molar refractivity (Wildman–Crippen MR) is 110 cm³/mol. The number of hydrogen-bond donors (Lipinski definition) is 1. The van der Waals surface area contributed by atoms with Crippen molar-refractivity contribution in [3.05, 3.63) is 77.1 Å². The van der Waals surface area contributed by atoms with Gasteiger partial charge in [-0.15, -0.1) is 0 Å². The molecule has 7 heteroatoms. The Bertz CT molecular complexity index is 1210. The van der Waals surface area contributed by atoms with Gasteiger partial charge in [0.2, 0.25) is 5.89 Å². The van der Waals surface area contributed by atoms with E-state index < -0.39 is 5.82 Å². The van der Waals surface area contributed by atoms with Crippen molar-refractivity contribution in [1.82, 2.24) is 4.98 Å². The summed E-state index contributed by atoms with van der Waals surface area (Å²) in [6, 6.07) is 16.5. The second-order valence-corrected chi connectivity index (χ2v) is 6.84. The SMILES string of the molecule is Cc1cc(OCC(=O)Nc2ccc3oc(-c4ccccc4F)nc3c2)ccc1Cl. The van der Waals surface area contributed by atoms with E-state index in [0.717, 1.165) is 5.56 Å². The number of nitrogens with zero attached hydrogens (tertiary/aromatic N) is 1. The van der Waals surface area contributed by atoms with Gasteiger partial charge in [-0.25, -0.2) is 9.37 Å². The van der Waals surface area contributed by atoms with Crippen molar-refractivity contribution in [3.63, 3.8) is 0 Å². The van der Waals surface area contributed by atoms with Crippen LogP contribution < -0.4 is 10.1 Å². The summed E-state index contributed by atoms with van der Waals surface area (Å²) in [4.78, 5) is 16.5. The van der Waals surface area contributed by atoms with Crippen molar-refractivity contribution in [2.24, 2.45) is 0 Å². The maximum Gasteiger partial charge on any atom is 0.262 e. The third kappa shape index (κ3) is 4.22. The molecular formula is C22H16ClFN2O3. The molecule has 0 aliphatic rings. The van der Waals surface area contributed by atoms with Crippen molar-refractivity contribution in [2.45, 2.75) is 6.92 Å². The van der Waals surface area contributed by atoms with Crippen molar-refractivity contribution in [2.75, 3.05) is 11.9 Å². The lowest BCUT2D eigenvalue weighted by Crippen LogP contribution is -2.20. The minimum Gasteiger partial charge on any atom is -0.484 e. The van der Waals surface area contributed by atoms with Gasteiger partial charge in [0.05, 0.1) is 5.56 Å². The summed E-state index contributed by atoms with van der Waals surface area (Å²) < 4.78 is 25.1. The number of oxazole rings is 1. The Morgan fingerprint density at radius 1 is 1.17 bits per heavy atom. The number of aromatic nitrogens is 1. The Morgan fingerprint density at radius 3 is 2.79 bits per heavy atom. The topological polar surface area (TPSA) is 64.4 Å². The van der Waals surface area contributed by atoms with Crippen molar-refractivity contribution in [1.29, 1.82) is 0 Å². The second-order valence-electron chi connectivity index (χ2n) is 6.43. The Morgan fingerprint density at radius 2 is 2.00 bits per heavy atom. The van der Waals surface area contributed by atoms with Crippen molar-refractivity contribution >= 4 is 34.3 Å². The Kier molecular flexibility index (Phi) is 5.18. The fourth-order valence-electron chi connectivity index (χ4n) is 2.81. The molecule has 3 aromatic carbocycles. The number of nitrogens with one attached hydrogen (secondary N) is 1. The predicted octanol–water partition coefficient (Wildman–Crippen LogP) is 5.61. The average molecular weight is 411 g/mol. The van der Waals surface area contributed by atoms with Crippen LogP contribution in [-0.2, 0) is 4.79 Å². The van der Waals surface area contributed by atoms with E-state index >= 15 is 0 Å². The quantitative estimate of drug-likeness (QED) is 0.464. The molecule has 0 saturated heterocycles. The fourth-order valence-corrected chi connectivity index (χ4v) is 2.93. The fraction of sp³-hybridized carbons (Fsp3) is 0.0909. The first kappa shape index (κ1) is 19.0. The number of benzene rings is 3. The molecule has 0 unspecified atom stereocenters. The molecule has 4 aromatic rings. The molecule has 0 bridgehead atoms. The van der Waals surface area contributed by atoms with Gasteiger partial charge < -0.3 is 14.5 Å². The van der Waals surface area contributed by atoms with Crippen LogP contribution in [0.1, 0.15) is 5.56 Å². The van der Waals surface area contributed by atoms with Gasteiger partial charge in [-0.1, -0.05) is 23.7 Å². The average Bonchev–Trinajstić information content (AvgIpc) is 3.12. The lowest BCUT2D eigenvalue weighted by molar-refractivity contribution is -0.118. The Labute approximate surface area is 171 Å². The molecule has 29 heavy (non-hydrogen) atoms. The first-order chi connectivity index (χ1) is 14.0. The van der Waals surface area contributed by atoms with Gasteiger partial charge in [-0.3, -0.25) is 4.79 Å². The minimum absolute atomic E-state index is 0.154. The zero-order chi connectivity index (χ0) is 20.4. The largest absolute Gasteiger partial charge is 0.484 e. The number of aryl methyl sites for hydroxylation is 1. The molecule has 0 aliphatic heterocycles. The number of halogens is 2. The molecule has 0 aliphatic carbocycles. The van der Waals surface area contributed by atoms with Gasteiger partial charge in [0, 0.05) is 10.7 Å². The number of hydrogen-bond acceptors (Lipinski definition) is 4. The highest BCUT2D eigenvalue weighted by Gasteiger charge is 2.13. The Balaban J connectivity index is 1.46. The molecule has 0 spiro atoms. The van der Waals surface area contributed by atoms with Gasteiger partial charge in [-0.2, -0.15) is 0 Å². The summed E-state index contributed by atoms with van der Waals surface area (Å²) >= 11 is 5.98. The molecule has 0 fully saturated rings. The maximum atomic E-state index is 13.9. The summed E-state index contributed by atoms with van der Waals surface area (Å²) in [6.45, 7) is 1.70. The van der Waals surface area contributed by atoms with Gasteiger partial charge >= 0.3 is 0 Å². The third-order valence-corrected chi connectivity index (χ3v) is 4.70.